The number of hydrogen-bond acceptors (Lipinski definition) is 2. The number of benzene rings is 2. The zero-order valence-corrected chi connectivity index (χ0v) is 13.5. The van der Waals surface area contributed by atoms with Gasteiger partial charge in [-0.05, 0) is 50.1 Å². The molecule has 0 aliphatic heterocycles. The van der Waals surface area contributed by atoms with Crippen molar-refractivity contribution in [3.05, 3.63) is 59.1 Å². The van der Waals surface area contributed by atoms with Crippen LogP contribution in [0.1, 0.15) is 38.8 Å². The van der Waals surface area contributed by atoms with E-state index in [1.54, 1.807) is 0 Å². The van der Waals surface area contributed by atoms with E-state index in [0.717, 1.165) is 22.9 Å². The minimum Gasteiger partial charge on any atom is -0.489 e. The van der Waals surface area contributed by atoms with Crippen molar-refractivity contribution in [1.82, 2.24) is 0 Å². The topological polar surface area (TPSA) is 21.3 Å². The predicted molar refractivity (Wildman–Crippen MR) is 90.3 cm³/mol. The lowest BCUT2D eigenvalue weighted by Crippen LogP contribution is -2.12. The van der Waals surface area contributed by atoms with Crippen LogP contribution < -0.4 is 10.1 Å². The molecular formula is C18H22ClNO. The molecule has 0 heterocycles. The number of para-hydroxylation sites is 2. The maximum Gasteiger partial charge on any atom is 0.142 e. The Hall–Kier alpha value is -1.67. The summed E-state index contributed by atoms with van der Waals surface area (Å²) in [6.07, 6.45) is 1.12. The fraction of sp³-hybridized carbons (Fsp3) is 0.333. The number of nitrogens with one attached hydrogen (secondary N) is 1. The van der Waals surface area contributed by atoms with Crippen LogP contribution in [0.15, 0.2) is 48.5 Å². The third-order valence-corrected chi connectivity index (χ3v) is 3.47. The van der Waals surface area contributed by atoms with Gasteiger partial charge in [0.25, 0.3) is 0 Å². The molecule has 0 saturated heterocycles. The molecule has 1 unspecified atom stereocenters. The summed E-state index contributed by atoms with van der Waals surface area (Å²) in [5.74, 6) is 0.882. The van der Waals surface area contributed by atoms with Crippen LogP contribution in [-0.4, -0.2) is 6.10 Å². The smallest absolute Gasteiger partial charge is 0.142 e. The average Bonchev–Trinajstić information content (AvgIpc) is 2.45. The van der Waals surface area contributed by atoms with E-state index >= 15 is 0 Å². The quantitative estimate of drug-likeness (QED) is 0.740. The lowest BCUT2D eigenvalue weighted by atomic mass is 10.0. The van der Waals surface area contributed by atoms with Crippen molar-refractivity contribution in [1.29, 1.82) is 0 Å². The molecule has 0 amide bonds. The maximum atomic E-state index is 6.10. The van der Waals surface area contributed by atoms with E-state index in [4.69, 9.17) is 16.3 Å². The molecule has 112 valence electrons. The predicted octanol–water partition coefficient (Wildman–Crippen LogP) is 5.69. The number of anilines is 1. The van der Waals surface area contributed by atoms with Crippen molar-refractivity contribution in [3.63, 3.8) is 0 Å². The second-order valence-corrected chi connectivity index (χ2v) is 5.76. The molecule has 0 aromatic heterocycles. The number of hydrogen-bond donors (Lipinski definition) is 1. The molecule has 0 fully saturated rings. The molecule has 0 spiro atoms. The van der Waals surface area contributed by atoms with Gasteiger partial charge in [0.05, 0.1) is 17.8 Å². The fourth-order valence-electron chi connectivity index (χ4n) is 2.27. The van der Waals surface area contributed by atoms with E-state index < -0.39 is 0 Å². The molecule has 2 rings (SSSR count). The summed E-state index contributed by atoms with van der Waals surface area (Å²) in [6, 6.07) is 16.2. The summed E-state index contributed by atoms with van der Waals surface area (Å²) >= 11 is 6.10. The first-order valence-electron chi connectivity index (χ1n) is 7.37. The van der Waals surface area contributed by atoms with Crippen LogP contribution in [0, 0.1) is 0 Å². The van der Waals surface area contributed by atoms with E-state index in [2.05, 4.69) is 18.3 Å². The van der Waals surface area contributed by atoms with Crippen LogP contribution in [0.25, 0.3) is 0 Å². The molecule has 2 aromatic carbocycles. The van der Waals surface area contributed by atoms with E-state index in [9.17, 15) is 0 Å². The Morgan fingerprint density at radius 2 is 1.86 bits per heavy atom. The average molecular weight is 304 g/mol. The molecule has 0 aliphatic carbocycles. The second-order valence-electron chi connectivity index (χ2n) is 5.32. The van der Waals surface area contributed by atoms with Crippen LogP contribution in [0.4, 0.5) is 5.69 Å². The van der Waals surface area contributed by atoms with Crippen LogP contribution >= 0.6 is 11.6 Å². The van der Waals surface area contributed by atoms with E-state index in [1.165, 1.54) is 5.56 Å². The zero-order chi connectivity index (χ0) is 15.2. The summed E-state index contributed by atoms with van der Waals surface area (Å²) in [6.45, 7) is 6.22. The minimum absolute atomic E-state index is 0.152. The van der Waals surface area contributed by atoms with Crippen molar-refractivity contribution in [2.75, 3.05) is 5.32 Å². The summed E-state index contributed by atoms with van der Waals surface area (Å²) in [7, 11) is 0. The highest BCUT2D eigenvalue weighted by atomic mass is 35.5. The largest absolute Gasteiger partial charge is 0.489 e. The number of rotatable bonds is 6. The first-order chi connectivity index (χ1) is 10.1. The zero-order valence-electron chi connectivity index (χ0n) is 12.8. The van der Waals surface area contributed by atoms with Gasteiger partial charge < -0.3 is 10.1 Å². The Labute approximate surface area is 132 Å². The fourth-order valence-corrected chi connectivity index (χ4v) is 2.47. The number of ether oxygens (including phenoxy) is 1. The van der Waals surface area contributed by atoms with Gasteiger partial charge in [-0.15, -0.1) is 0 Å². The lowest BCUT2D eigenvalue weighted by Gasteiger charge is -2.22. The summed E-state index contributed by atoms with van der Waals surface area (Å²) in [5, 5.41) is 4.33. The maximum absolute atomic E-state index is 6.10. The van der Waals surface area contributed by atoms with Gasteiger partial charge in [0.15, 0.2) is 0 Å². The van der Waals surface area contributed by atoms with E-state index in [0.29, 0.717) is 0 Å². The summed E-state index contributed by atoms with van der Waals surface area (Å²) < 4.78 is 5.86. The molecule has 1 atom stereocenters. The van der Waals surface area contributed by atoms with Crippen molar-refractivity contribution in [3.8, 4) is 5.75 Å². The Morgan fingerprint density at radius 1 is 1.10 bits per heavy atom. The minimum atomic E-state index is 0.152. The molecule has 3 heteroatoms. The van der Waals surface area contributed by atoms with Crippen LogP contribution in [0.3, 0.4) is 0 Å². The van der Waals surface area contributed by atoms with Crippen molar-refractivity contribution in [2.45, 2.75) is 39.3 Å². The first-order valence-corrected chi connectivity index (χ1v) is 7.75. The van der Waals surface area contributed by atoms with E-state index in [1.807, 2.05) is 56.3 Å². The van der Waals surface area contributed by atoms with Crippen molar-refractivity contribution < 1.29 is 4.74 Å². The molecule has 21 heavy (non-hydrogen) atoms. The highest BCUT2D eigenvalue weighted by Crippen LogP contribution is 2.31. The second kappa shape index (κ2) is 7.37. The third-order valence-electron chi connectivity index (χ3n) is 3.24. The molecule has 0 aliphatic rings. The van der Waals surface area contributed by atoms with Gasteiger partial charge in [0, 0.05) is 5.02 Å². The van der Waals surface area contributed by atoms with Gasteiger partial charge in [-0.2, -0.15) is 0 Å². The van der Waals surface area contributed by atoms with Crippen molar-refractivity contribution >= 4 is 17.3 Å². The summed E-state index contributed by atoms with van der Waals surface area (Å²) in [5.41, 5.74) is 2.20. The monoisotopic (exact) mass is 303 g/mol. The van der Waals surface area contributed by atoms with Gasteiger partial charge >= 0.3 is 0 Å². The Bertz CT molecular complexity index is 583. The normalized spacial score (nSPS) is 12.2. The SMILES string of the molecule is CCC(Nc1ccccc1OC(C)C)c1cccc(Cl)c1. The Balaban J connectivity index is 2.23. The van der Waals surface area contributed by atoms with Crippen LogP contribution in [0.5, 0.6) is 5.75 Å². The Morgan fingerprint density at radius 3 is 2.52 bits per heavy atom. The highest BCUT2D eigenvalue weighted by molar-refractivity contribution is 6.30. The number of halogens is 1. The molecular weight excluding hydrogens is 282 g/mol. The molecule has 2 aromatic rings. The highest BCUT2D eigenvalue weighted by Gasteiger charge is 2.12. The Kier molecular flexibility index (Phi) is 5.51. The summed E-state index contributed by atoms with van der Waals surface area (Å²) in [4.78, 5) is 0. The van der Waals surface area contributed by atoms with Crippen molar-refractivity contribution in [2.24, 2.45) is 0 Å². The third kappa shape index (κ3) is 4.40. The van der Waals surface area contributed by atoms with Gasteiger partial charge in [-0.25, -0.2) is 0 Å². The van der Waals surface area contributed by atoms with Gasteiger partial charge in [-0.1, -0.05) is 42.8 Å². The van der Waals surface area contributed by atoms with Crippen LogP contribution in [0.2, 0.25) is 5.02 Å². The standard InChI is InChI=1S/C18H22ClNO/c1-4-16(14-8-7-9-15(19)12-14)20-17-10-5-6-11-18(17)21-13(2)3/h5-13,16,20H,4H2,1-3H3. The van der Waals surface area contributed by atoms with E-state index in [-0.39, 0.29) is 12.1 Å². The molecule has 1 N–H and O–H groups in total. The molecule has 0 radical (unpaired) electrons. The molecule has 0 bridgehead atoms. The lowest BCUT2D eigenvalue weighted by molar-refractivity contribution is 0.243. The molecule has 0 saturated carbocycles. The van der Waals surface area contributed by atoms with Gasteiger partial charge in [0.2, 0.25) is 0 Å². The van der Waals surface area contributed by atoms with Gasteiger partial charge in [-0.3, -0.25) is 0 Å². The van der Waals surface area contributed by atoms with Crippen LogP contribution in [-0.2, 0) is 0 Å². The first kappa shape index (κ1) is 15.7. The van der Waals surface area contributed by atoms with Gasteiger partial charge in [0.1, 0.15) is 5.75 Å². The molecule has 2 nitrogen and oxygen atoms in total.